The quantitative estimate of drug-likeness (QED) is 0.897. The summed E-state index contributed by atoms with van der Waals surface area (Å²) in [6, 6.07) is 3.69. The zero-order chi connectivity index (χ0) is 13.3. The second-order valence-corrected chi connectivity index (χ2v) is 4.93. The number of carbonyl (C=O) groups is 1. The fourth-order valence-electron chi connectivity index (χ4n) is 2.49. The van der Waals surface area contributed by atoms with Gasteiger partial charge in [-0.05, 0) is 31.5 Å². The zero-order valence-electron chi connectivity index (χ0n) is 10.2. The van der Waals surface area contributed by atoms with Gasteiger partial charge in [0.2, 0.25) is 5.91 Å². The van der Waals surface area contributed by atoms with Gasteiger partial charge in [0.1, 0.15) is 5.82 Å². The Balaban J connectivity index is 2.44. The van der Waals surface area contributed by atoms with E-state index < -0.39 is 6.04 Å². The largest absolute Gasteiger partial charge is 0.334 e. The van der Waals surface area contributed by atoms with Gasteiger partial charge in [-0.25, -0.2) is 4.39 Å². The van der Waals surface area contributed by atoms with E-state index in [2.05, 4.69) is 0 Å². The average molecular weight is 271 g/mol. The molecule has 1 heterocycles. The van der Waals surface area contributed by atoms with Gasteiger partial charge in [-0.2, -0.15) is 0 Å². The van der Waals surface area contributed by atoms with Gasteiger partial charge in [-0.3, -0.25) is 4.79 Å². The number of benzene rings is 1. The van der Waals surface area contributed by atoms with E-state index in [0.717, 1.165) is 0 Å². The molecule has 18 heavy (non-hydrogen) atoms. The van der Waals surface area contributed by atoms with Crippen LogP contribution in [0.15, 0.2) is 18.2 Å². The molecule has 1 aliphatic rings. The number of carbonyl (C=O) groups excluding carboxylic acids is 1. The van der Waals surface area contributed by atoms with Crippen LogP contribution >= 0.6 is 11.6 Å². The molecule has 5 heteroatoms. The summed E-state index contributed by atoms with van der Waals surface area (Å²) in [4.78, 5) is 13.5. The van der Waals surface area contributed by atoms with E-state index in [1.807, 2.05) is 6.92 Å². The Morgan fingerprint density at radius 1 is 1.56 bits per heavy atom. The van der Waals surface area contributed by atoms with Gasteiger partial charge in [0.05, 0.1) is 6.04 Å². The topological polar surface area (TPSA) is 46.3 Å². The predicted octanol–water partition coefficient (Wildman–Crippen LogP) is 2.49. The lowest BCUT2D eigenvalue weighted by Crippen LogP contribution is -2.48. The summed E-state index contributed by atoms with van der Waals surface area (Å²) in [5, 5.41) is 0.452. The SMILES string of the molecule is CCN1C(=O)CCC(N)C1c1cc(Cl)ccc1F. The fourth-order valence-corrected chi connectivity index (χ4v) is 2.67. The Morgan fingerprint density at radius 2 is 2.28 bits per heavy atom. The third-order valence-corrected chi connectivity index (χ3v) is 3.61. The van der Waals surface area contributed by atoms with Gasteiger partial charge >= 0.3 is 0 Å². The highest BCUT2D eigenvalue weighted by molar-refractivity contribution is 6.30. The molecule has 1 aromatic rings. The summed E-state index contributed by atoms with van der Waals surface area (Å²) < 4.78 is 13.9. The van der Waals surface area contributed by atoms with Gasteiger partial charge < -0.3 is 10.6 Å². The predicted molar refractivity (Wildman–Crippen MR) is 68.7 cm³/mol. The Labute approximate surface area is 111 Å². The summed E-state index contributed by atoms with van der Waals surface area (Å²) in [5.74, 6) is -0.350. The minimum absolute atomic E-state index is 0.0172. The molecule has 0 aromatic heterocycles. The van der Waals surface area contributed by atoms with E-state index in [1.54, 1.807) is 11.0 Å². The molecule has 2 rings (SSSR count). The van der Waals surface area contributed by atoms with Crippen molar-refractivity contribution in [2.75, 3.05) is 6.54 Å². The highest BCUT2D eigenvalue weighted by atomic mass is 35.5. The van der Waals surface area contributed by atoms with Crippen LogP contribution in [0, 0.1) is 5.82 Å². The molecule has 0 bridgehead atoms. The molecule has 0 aliphatic carbocycles. The molecular weight excluding hydrogens is 255 g/mol. The Bertz CT molecular complexity index is 466. The van der Waals surface area contributed by atoms with Crippen LogP contribution in [-0.2, 0) is 4.79 Å². The van der Waals surface area contributed by atoms with Crippen molar-refractivity contribution < 1.29 is 9.18 Å². The molecule has 2 N–H and O–H groups in total. The molecule has 98 valence electrons. The molecule has 0 spiro atoms. The number of rotatable bonds is 2. The second-order valence-electron chi connectivity index (χ2n) is 4.49. The first-order chi connectivity index (χ1) is 8.54. The van der Waals surface area contributed by atoms with Crippen molar-refractivity contribution in [3.05, 3.63) is 34.6 Å². The maximum atomic E-state index is 13.9. The minimum Gasteiger partial charge on any atom is -0.334 e. The molecule has 2 unspecified atom stereocenters. The van der Waals surface area contributed by atoms with Crippen molar-refractivity contribution in [2.45, 2.75) is 31.8 Å². The van der Waals surface area contributed by atoms with Crippen LogP contribution in [0.3, 0.4) is 0 Å². The number of likely N-dealkylation sites (tertiary alicyclic amines) is 1. The lowest BCUT2D eigenvalue weighted by atomic mass is 9.90. The zero-order valence-corrected chi connectivity index (χ0v) is 11.0. The minimum atomic E-state index is -0.421. The first-order valence-corrected chi connectivity index (χ1v) is 6.42. The van der Waals surface area contributed by atoms with Gasteiger partial charge in [0.25, 0.3) is 0 Å². The fraction of sp³-hybridized carbons (Fsp3) is 0.462. The molecule has 0 radical (unpaired) electrons. The van der Waals surface area contributed by atoms with Crippen LogP contribution in [0.25, 0.3) is 0 Å². The number of hydrogen-bond donors (Lipinski definition) is 1. The monoisotopic (exact) mass is 270 g/mol. The van der Waals surface area contributed by atoms with E-state index in [0.29, 0.717) is 30.0 Å². The molecule has 1 aromatic carbocycles. The van der Waals surface area contributed by atoms with E-state index in [9.17, 15) is 9.18 Å². The number of amides is 1. The molecule has 1 aliphatic heterocycles. The Morgan fingerprint density at radius 3 is 2.94 bits per heavy atom. The average Bonchev–Trinajstić information content (AvgIpc) is 2.35. The van der Waals surface area contributed by atoms with Gasteiger partial charge in [-0.15, -0.1) is 0 Å². The molecule has 1 saturated heterocycles. The maximum absolute atomic E-state index is 13.9. The molecule has 0 saturated carbocycles. The third-order valence-electron chi connectivity index (χ3n) is 3.37. The Hall–Kier alpha value is -1.13. The van der Waals surface area contributed by atoms with Crippen LogP contribution in [-0.4, -0.2) is 23.4 Å². The van der Waals surface area contributed by atoms with Crippen LogP contribution in [0.5, 0.6) is 0 Å². The van der Waals surface area contributed by atoms with Crippen molar-refractivity contribution in [2.24, 2.45) is 5.73 Å². The first-order valence-electron chi connectivity index (χ1n) is 6.04. The third kappa shape index (κ3) is 2.35. The standard InChI is InChI=1S/C13H16ClFN2O/c1-2-17-12(18)6-5-11(16)13(17)9-7-8(14)3-4-10(9)15/h3-4,7,11,13H,2,5-6,16H2,1H3. The highest BCUT2D eigenvalue weighted by Gasteiger charge is 2.35. The van der Waals surface area contributed by atoms with Gasteiger partial charge in [-0.1, -0.05) is 11.6 Å². The normalized spacial score (nSPS) is 24.4. The van der Waals surface area contributed by atoms with E-state index >= 15 is 0 Å². The van der Waals surface area contributed by atoms with Crippen LogP contribution in [0.4, 0.5) is 4.39 Å². The number of piperidine rings is 1. The Kier molecular flexibility index (Phi) is 3.88. The van der Waals surface area contributed by atoms with Gasteiger partial charge in [0, 0.05) is 29.6 Å². The molecule has 1 fully saturated rings. The van der Waals surface area contributed by atoms with Crippen molar-refractivity contribution in [3.63, 3.8) is 0 Å². The summed E-state index contributed by atoms with van der Waals surface area (Å²) in [7, 11) is 0. The number of nitrogens with two attached hydrogens (primary N) is 1. The number of nitrogens with zero attached hydrogens (tertiary/aromatic N) is 1. The molecule has 1 amide bonds. The van der Waals surface area contributed by atoms with Crippen molar-refractivity contribution in [3.8, 4) is 0 Å². The number of likely N-dealkylation sites (N-methyl/N-ethyl adjacent to an activating group) is 1. The van der Waals surface area contributed by atoms with Crippen molar-refractivity contribution in [1.29, 1.82) is 0 Å². The second kappa shape index (κ2) is 5.24. The van der Waals surface area contributed by atoms with E-state index in [-0.39, 0.29) is 17.8 Å². The van der Waals surface area contributed by atoms with Crippen LogP contribution in [0.1, 0.15) is 31.4 Å². The van der Waals surface area contributed by atoms with Crippen LogP contribution in [0.2, 0.25) is 5.02 Å². The van der Waals surface area contributed by atoms with E-state index in [1.165, 1.54) is 12.1 Å². The maximum Gasteiger partial charge on any atom is 0.223 e. The summed E-state index contributed by atoms with van der Waals surface area (Å²) in [6.07, 6.45) is 1.000. The molecule has 2 atom stereocenters. The van der Waals surface area contributed by atoms with Crippen molar-refractivity contribution >= 4 is 17.5 Å². The van der Waals surface area contributed by atoms with Crippen LogP contribution < -0.4 is 5.73 Å². The first kappa shape index (κ1) is 13.3. The lowest BCUT2D eigenvalue weighted by molar-refractivity contribution is -0.137. The van der Waals surface area contributed by atoms with Crippen molar-refractivity contribution in [1.82, 2.24) is 4.90 Å². The van der Waals surface area contributed by atoms with E-state index in [4.69, 9.17) is 17.3 Å². The summed E-state index contributed by atoms with van der Waals surface area (Å²) >= 11 is 5.90. The lowest BCUT2D eigenvalue weighted by Gasteiger charge is -2.39. The summed E-state index contributed by atoms with van der Waals surface area (Å²) in [6.45, 7) is 2.38. The molecular formula is C13H16ClFN2O. The summed E-state index contributed by atoms with van der Waals surface area (Å²) in [5.41, 5.74) is 6.46. The molecule has 3 nitrogen and oxygen atoms in total. The van der Waals surface area contributed by atoms with Gasteiger partial charge in [0.15, 0.2) is 0 Å². The number of halogens is 2. The highest BCUT2D eigenvalue weighted by Crippen LogP contribution is 2.33. The number of hydrogen-bond acceptors (Lipinski definition) is 2. The smallest absolute Gasteiger partial charge is 0.223 e.